The molecule has 8 nitrogen and oxygen atoms in total. The summed E-state index contributed by atoms with van der Waals surface area (Å²) in [5.41, 5.74) is 3.85. The summed E-state index contributed by atoms with van der Waals surface area (Å²) in [6.45, 7) is 5.11. The second-order valence-electron chi connectivity index (χ2n) is 6.21. The van der Waals surface area contributed by atoms with Gasteiger partial charge in [0.1, 0.15) is 17.2 Å². The van der Waals surface area contributed by atoms with E-state index in [2.05, 4.69) is 20.6 Å². The molecule has 1 aromatic carbocycles. The van der Waals surface area contributed by atoms with Gasteiger partial charge in [-0.15, -0.1) is 10.2 Å². The second kappa shape index (κ2) is 8.09. The molecule has 0 aliphatic carbocycles. The number of hydrogen-bond donors (Lipinski definition) is 0. The first-order valence-electron chi connectivity index (χ1n) is 8.48. The molecule has 0 spiro atoms. The zero-order valence-corrected chi connectivity index (χ0v) is 15.5. The fourth-order valence-corrected chi connectivity index (χ4v) is 2.82. The topological polar surface area (TPSA) is 88.1 Å². The highest BCUT2D eigenvalue weighted by Gasteiger charge is 2.11. The summed E-state index contributed by atoms with van der Waals surface area (Å²) in [6, 6.07) is 5.96. The first-order chi connectivity index (χ1) is 12.6. The predicted molar refractivity (Wildman–Crippen MR) is 94.7 cm³/mol. The molecular weight excluding hydrogens is 334 g/mol. The Bertz CT molecular complexity index is 848. The van der Waals surface area contributed by atoms with Crippen LogP contribution in [0.5, 0.6) is 5.75 Å². The first kappa shape index (κ1) is 18.1. The highest BCUT2D eigenvalue weighted by molar-refractivity contribution is 5.60. The molecule has 3 rings (SSSR count). The monoisotopic (exact) mass is 357 g/mol. The van der Waals surface area contributed by atoms with E-state index < -0.39 is 0 Å². The lowest BCUT2D eigenvalue weighted by Crippen LogP contribution is -2.02. The Morgan fingerprint density at radius 1 is 1.15 bits per heavy atom. The predicted octanol–water partition coefficient (Wildman–Crippen LogP) is 2.64. The van der Waals surface area contributed by atoms with Crippen molar-refractivity contribution in [1.82, 2.24) is 25.4 Å². The van der Waals surface area contributed by atoms with Gasteiger partial charge in [-0.2, -0.15) is 4.80 Å². The van der Waals surface area contributed by atoms with Crippen LogP contribution in [0.25, 0.3) is 11.4 Å². The molecule has 0 saturated heterocycles. The van der Waals surface area contributed by atoms with Gasteiger partial charge in [-0.05, 0) is 48.7 Å². The summed E-state index contributed by atoms with van der Waals surface area (Å²) >= 11 is 0. The van der Waals surface area contributed by atoms with Gasteiger partial charge in [0.05, 0.1) is 20.3 Å². The van der Waals surface area contributed by atoms with E-state index in [4.69, 9.17) is 14.0 Å². The molecule has 0 saturated carbocycles. The van der Waals surface area contributed by atoms with Crippen LogP contribution in [0.2, 0.25) is 0 Å². The molecule has 26 heavy (non-hydrogen) atoms. The molecule has 0 unspecified atom stereocenters. The first-order valence-corrected chi connectivity index (χ1v) is 8.48. The van der Waals surface area contributed by atoms with Gasteiger partial charge in [0, 0.05) is 25.2 Å². The van der Waals surface area contributed by atoms with Crippen LogP contribution in [-0.4, -0.2) is 39.1 Å². The molecule has 8 heteroatoms. The van der Waals surface area contributed by atoms with E-state index in [0.717, 1.165) is 46.7 Å². The summed E-state index contributed by atoms with van der Waals surface area (Å²) in [4.78, 5) is 1.45. The zero-order chi connectivity index (χ0) is 18.5. The normalized spacial score (nSPS) is 11.1. The molecule has 0 aliphatic heterocycles. The molecule has 0 amide bonds. The Labute approximate surface area is 152 Å². The average molecular weight is 357 g/mol. The molecule has 0 aliphatic rings. The van der Waals surface area contributed by atoms with Gasteiger partial charge in [-0.3, -0.25) is 0 Å². The van der Waals surface area contributed by atoms with Crippen LogP contribution in [0, 0.1) is 13.8 Å². The Morgan fingerprint density at radius 3 is 2.58 bits per heavy atom. The summed E-state index contributed by atoms with van der Waals surface area (Å²) in [6.07, 6.45) is 1.62. The molecule has 2 heterocycles. The van der Waals surface area contributed by atoms with E-state index in [1.165, 1.54) is 4.80 Å². The quantitative estimate of drug-likeness (QED) is 0.573. The number of benzene rings is 1. The molecule has 0 N–H and O–H groups in total. The third-order valence-corrected chi connectivity index (χ3v) is 3.94. The van der Waals surface area contributed by atoms with Crippen LogP contribution in [0.3, 0.4) is 0 Å². The maximum atomic E-state index is 5.99. The van der Waals surface area contributed by atoms with Crippen molar-refractivity contribution in [2.45, 2.75) is 33.3 Å². The molecule has 0 bridgehead atoms. The van der Waals surface area contributed by atoms with E-state index in [-0.39, 0.29) is 0 Å². The van der Waals surface area contributed by atoms with Crippen LogP contribution in [0.1, 0.15) is 29.0 Å². The summed E-state index contributed by atoms with van der Waals surface area (Å²) < 4.78 is 16.3. The van der Waals surface area contributed by atoms with E-state index in [9.17, 15) is 0 Å². The van der Waals surface area contributed by atoms with E-state index >= 15 is 0 Å². The SMILES string of the molecule is COCc1cc(CCCOc2c(C)cc(-c3nnn(C)n3)cc2C)on1. The Kier molecular flexibility index (Phi) is 5.62. The van der Waals surface area contributed by atoms with Crippen molar-refractivity contribution in [3.05, 3.63) is 40.8 Å². The number of aromatic nitrogens is 5. The summed E-state index contributed by atoms with van der Waals surface area (Å²) in [5, 5.41) is 16.1. The summed E-state index contributed by atoms with van der Waals surface area (Å²) in [7, 11) is 3.39. The van der Waals surface area contributed by atoms with Gasteiger partial charge in [0.15, 0.2) is 0 Å². The van der Waals surface area contributed by atoms with Crippen molar-refractivity contribution in [3.63, 3.8) is 0 Å². The van der Waals surface area contributed by atoms with E-state index in [1.54, 1.807) is 14.2 Å². The molecule has 0 radical (unpaired) electrons. The number of aryl methyl sites for hydroxylation is 4. The number of hydrogen-bond acceptors (Lipinski definition) is 7. The standard InChI is InChI=1S/C18H23N5O3/c1-12-8-14(18-19-22-23(3)20-18)9-13(2)17(12)25-7-5-6-16-10-15(11-24-4)21-26-16/h8-10H,5-7,11H2,1-4H3. The van der Waals surface area contributed by atoms with Crippen LogP contribution in [0.15, 0.2) is 22.7 Å². The van der Waals surface area contributed by atoms with Crippen LogP contribution in [-0.2, 0) is 24.8 Å². The lowest BCUT2D eigenvalue weighted by Gasteiger charge is -2.13. The third kappa shape index (κ3) is 4.26. The number of rotatable bonds is 8. The average Bonchev–Trinajstić information content (AvgIpc) is 3.23. The van der Waals surface area contributed by atoms with Gasteiger partial charge in [-0.25, -0.2) is 0 Å². The van der Waals surface area contributed by atoms with Gasteiger partial charge in [0.25, 0.3) is 0 Å². The van der Waals surface area contributed by atoms with Crippen molar-refractivity contribution >= 4 is 0 Å². The van der Waals surface area contributed by atoms with Crippen molar-refractivity contribution < 1.29 is 14.0 Å². The number of tetrazole rings is 1. The third-order valence-electron chi connectivity index (χ3n) is 3.94. The van der Waals surface area contributed by atoms with Crippen molar-refractivity contribution in [2.75, 3.05) is 13.7 Å². The number of ether oxygens (including phenoxy) is 2. The highest BCUT2D eigenvalue weighted by atomic mass is 16.5. The molecule has 2 aromatic heterocycles. The van der Waals surface area contributed by atoms with Gasteiger partial charge < -0.3 is 14.0 Å². The molecule has 3 aromatic rings. The van der Waals surface area contributed by atoms with Gasteiger partial charge in [-0.1, -0.05) is 5.16 Å². The maximum absolute atomic E-state index is 5.99. The smallest absolute Gasteiger partial charge is 0.204 e. The van der Waals surface area contributed by atoms with Crippen molar-refractivity contribution in [2.24, 2.45) is 7.05 Å². The molecule has 0 fully saturated rings. The van der Waals surface area contributed by atoms with Crippen LogP contribution in [0.4, 0.5) is 0 Å². The minimum Gasteiger partial charge on any atom is -0.493 e. The van der Waals surface area contributed by atoms with E-state index in [0.29, 0.717) is 19.0 Å². The van der Waals surface area contributed by atoms with Gasteiger partial charge >= 0.3 is 0 Å². The Hall–Kier alpha value is -2.74. The second-order valence-corrected chi connectivity index (χ2v) is 6.21. The minimum atomic E-state index is 0.464. The Morgan fingerprint density at radius 2 is 1.92 bits per heavy atom. The Balaban J connectivity index is 1.57. The fraction of sp³-hybridized carbons (Fsp3) is 0.444. The van der Waals surface area contributed by atoms with E-state index in [1.807, 2.05) is 32.0 Å². The maximum Gasteiger partial charge on any atom is 0.204 e. The number of methoxy groups -OCH3 is 1. The van der Waals surface area contributed by atoms with Crippen LogP contribution < -0.4 is 4.74 Å². The van der Waals surface area contributed by atoms with Gasteiger partial charge in [0.2, 0.25) is 5.82 Å². The van der Waals surface area contributed by atoms with Crippen LogP contribution >= 0.6 is 0 Å². The lowest BCUT2D eigenvalue weighted by atomic mass is 10.1. The largest absolute Gasteiger partial charge is 0.493 e. The highest BCUT2D eigenvalue weighted by Crippen LogP contribution is 2.28. The lowest BCUT2D eigenvalue weighted by molar-refractivity contribution is 0.177. The molecule has 0 atom stereocenters. The summed E-state index contributed by atoms with van der Waals surface area (Å²) in [5.74, 6) is 2.36. The zero-order valence-electron chi connectivity index (χ0n) is 15.5. The van der Waals surface area contributed by atoms with Crippen molar-refractivity contribution in [1.29, 1.82) is 0 Å². The minimum absolute atomic E-state index is 0.464. The number of nitrogens with zero attached hydrogens (tertiary/aromatic N) is 5. The van der Waals surface area contributed by atoms with Crippen molar-refractivity contribution in [3.8, 4) is 17.1 Å². The molecule has 138 valence electrons. The fourth-order valence-electron chi connectivity index (χ4n) is 2.82. The molecular formula is C18H23N5O3.